The molecular formula is C22H34N4O6S. The van der Waals surface area contributed by atoms with Crippen LogP contribution in [0.5, 0.6) is 0 Å². The fourth-order valence-electron chi connectivity index (χ4n) is 3.36. The van der Waals surface area contributed by atoms with Gasteiger partial charge in [0, 0.05) is 43.9 Å². The number of piperidine rings is 1. The third-order valence-electron chi connectivity index (χ3n) is 4.95. The Kier molecular flexibility index (Phi) is 9.09. The second-order valence-corrected chi connectivity index (χ2v) is 10.9. The van der Waals surface area contributed by atoms with Gasteiger partial charge in [0.2, 0.25) is 15.9 Å². The van der Waals surface area contributed by atoms with E-state index in [1.807, 2.05) is 0 Å². The van der Waals surface area contributed by atoms with Crippen molar-refractivity contribution in [2.24, 2.45) is 5.92 Å². The van der Waals surface area contributed by atoms with Gasteiger partial charge in [-0.2, -0.15) is 0 Å². The number of hydrogen-bond donors (Lipinski definition) is 3. The van der Waals surface area contributed by atoms with Crippen molar-refractivity contribution in [2.45, 2.75) is 45.6 Å². The molecule has 0 spiro atoms. The molecule has 1 aliphatic heterocycles. The number of carbonyl (C=O) groups is 3. The molecule has 1 fully saturated rings. The molecule has 3 amide bonds. The molecule has 2 rings (SSSR count). The van der Waals surface area contributed by atoms with Gasteiger partial charge in [-0.05, 0) is 63.8 Å². The smallest absolute Gasteiger partial charge is 0.407 e. The first-order chi connectivity index (χ1) is 15.3. The van der Waals surface area contributed by atoms with E-state index >= 15 is 0 Å². The van der Waals surface area contributed by atoms with E-state index in [0.29, 0.717) is 30.9 Å². The average molecular weight is 483 g/mol. The molecular weight excluding hydrogens is 448 g/mol. The molecule has 1 aromatic rings. The average Bonchev–Trinajstić information content (AvgIpc) is 2.70. The van der Waals surface area contributed by atoms with Gasteiger partial charge in [0.25, 0.3) is 5.91 Å². The van der Waals surface area contributed by atoms with Crippen LogP contribution in [0.1, 0.15) is 50.4 Å². The van der Waals surface area contributed by atoms with E-state index < -0.39 is 21.7 Å². The second kappa shape index (κ2) is 11.4. The third kappa shape index (κ3) is 10.1. The lowest BCUT2D eigenvalue weighted by molar-refractivity contribution is -0.121. The number of carbonyl (C=O) groups excluding carboxylic acids is 3. The number of amides is 3. The van der Waals surface area contributed by atoms with Crippen LogP contribution in [0.25, 0.3) is 0 Å². The summed E-state index contributed by atoms with van der Waals surface area (Å²) in [7, 11) is -3.36. The molecule has 33 heavy (non-hydrogen) atoms. The minimum Gasteiger partial charge on any atom is -0.444 e. The fourth-order valence-corrected chi connectivity index (χ4v) is 3.92. The zero-order valence-corrected chi connectivity index (χ0v) is 20.5. The maximum Gasteiger partial charge on any atom is 0.407 e. The maximum absolute atomic E-state index is 12.7. The van der Waals surface area contributed by atoms with Crippen LogP contribution in [0.15, 0.2) is 24.3 Å². The summed E-state index contributed by atoms with van der Waals surface area (Å²) in [5, 5.41) is 5.44. The summed E-state index contributed by atoms with van der Waals surface area (Å²) in [6.07, 6.45) is 2.24. The van der Waals surface area contributed by atoms with Crippen molar-refractivity contribution in [3.63, 3.8) is 0 Å². The third-order valence-corrected chi connectivity index (χ3v) is 5.55. The standard InChI is InChI=1S/C22H34N4O6S/c1-22(2,3)32-21(29)23-12-9-19(27)24-15-16-10-13-26(14-11-16)20(28)17-5-7-18(8-6-17)25-33(4,30)31/h5-8,16,25H,9-15H2,1-4H3,(H,23,29)(H,24,27). The molecule has 0 radical (unpaired) electrons. The first-order valence-corrected chi connectivity index (χ1v) is 12.8. The highest BCUT2D eigenvalue weighted by Crippen LogP contribution is 2.19. The monoisotopic (exact) mass is 482 g/mol. The molecule has 0 atom stereocenters. The van der Waals surface area contributed by atoms with E-state index in [2.05, 4.69) is 15.4 Å². The molecule has 11 heteroatoms. The van der Waals surface area contributed by atoms with E-state index in [1.165, 1.54) is 0 Å². The van der Waals surface area contributed by atoms with Gasteiger partial charge in [-0.25, -0.2) is 13.2 Å². The van der Waals surface area contributed by atoms with Crippen LogP contribution in [0.3, 0.4) is 0 Å². The Bertz CT molecular complexity index is 933. The zero-order chi connectivity index (χ0) is 24.6. The topological polar surface area (TPSA) is 134 Å². The van der Waals surface area contributed by atoms with Crippen LogP contribution in [0.2, 0.25) is 0 Å². The van der Waals surface area contributed by atoms with Crippen LogP contribution >= 0.6 is 0 Å². The predicted octanol–water partition coefficient (Wildman–Crippen LogP) is 1.94. The van der Waals surface area contributed by atoms with Crippen molar-refractivity contribution in [2.75, 3.05) is 37.2 Å². The molecule has 1 aromatic carbocycles. The van der Waals surface area contributed by atoms with E-state index in [4.69, 9.17) is 4.74 Å². The molecule has 1 aliphatic rings. The number of likely N-dealkylation sites (tertiary alicyclic amines) is 1. The molecule has 3 N–H and O–H groups in total. The number of nitrogens with one attached hydrogen (secondary N) is 3. The zero-order valence-electron chi connectivity index (χ0n) is 19.6. The van der Waals surface area contributed by atoms with E-state index in [0.717, 1.165) is 19.1 Å². The second-order valence-electron chi connectivity index (χ2n) is 9.17. The molecule has 0 aromatic heterocycles. The summed E-state index contributed by atoms with van der Waals surface area (Å²) in [6.45, 7) is 7.21. The lowest BCUT2D eigenvalue weighted by Crippen LogP contribution is -2.42. The first kappa shape index (κ1) is 26.4. The van der Waals surface area contributed by atoms with Crippen LogP contribution in [0, 0.1) is 5.92 Å². The number of rotatable bonds is 8. The van der Waals surface area contributed by atoms with E-state index in [1.54, 1.807) is 49.9 Å². The SMILES string of the molecule is CC(C)(C)OC(=O)NCCC(=O)NCC1CCN(C(=O)c2ccc(NS(C)(=O)=O)cc2)CC1. The van der Waals surface area contributed by atoms with Gasteiger partial charge >= 0.3 is 6.09 Å². The lowest BCUT2D eigenvalue weighted by atomic mass is 9.96. The van der Waals surface area contributed by atoms with Gasteiger partial charge in [0.05, 0.1) is 6.26 Å². The summed E-state index contributed by atoms with van der Waals surface area (Å²) in [5.74, 6) is 0.0297. The molecule has 0 bridgehead atoms. The highest BCUT2D eigenvalue weighted by Gasteiger charge is 2.24. The summed E-state index contributed by atoms with van der Waals surface area (Å²) in [4.78, 5) is 38.1. The van der Waals surface area contributed by atoms with Gasteiger partial charge in [0.15, 0.2) is 0 Å². The molecule has 1 saturated heterocycles. The van der Waals surface area contributed by atoms with Crippen molar-refractivity contribution in [3.8, 4) is 0 Å². The van der Waals surface area contributed by atoms with Crippen molar-refractivity contribution in [1.29, 1.82) is 0 Å². The Labute approximate surface area is 195 Å². The minimum absolute atomic E-state index is 0.100. The van der Waals surface area contributed by atoms with Gasteiger partial charge in [-0.1, -0.05) is 0 Å². The van der Waals surface area contributed by atoms with Gasteiger partial charge in [0.1, 0.15) is 5.60 Å². The Morgan fingerprint density at radius 3 is 2.21 bits per heavy atom. The van der Waals surface area contributed by atoms with E-state index in [9.17, 15) is 22.8 Å². The van der Waals surface area contributed by atoms with Crippen LogP contribution in [-0.4, -0.2) is 69.3 Å². The molecule has 0 aliphatic carbocycles. The molecule has 1 heterocycles. The molecule has 10 nitrogen and oxygen atoms in total. The predicted molar refractivity (Wildman–Crippen MR) is 125 cm³/mol. The Balaban J connectivity index is 1.68. The largest absolute Gasteiger partial charge is 0.444 e. The maximum atomic E-state index is 12.7. The number of alkyl carbamates (subject to hydrolysis) is 1. The number of hydrogen-bond acceptors (Lipinski definition) is 6. The van der Waals surface area contributed by atoms with Gasteiger partial charge < -0.3 is 20.3 Å². The molecule has 184 valence electrons. The van der Waals surface area contributed by atoms with Crippen LogP contribution in [-0.2, 0) is 19.6 Å². The quantitative estimate of drug-likeness (QED) is 0.518. The van der Waals surface area contributed by atoms with Gasteiger partial charge in [-0.3, -0.25) is 14.3 Å². The Morgan fingerprint density at radius 1 is 1.06 bits per heavy atom. The number of ether oxygens (including phenoxy) is 1. The highest BCUT2D eigenvalue weighted by atomic mass is 32.2. The first-order valence-electron chi connectivity index (χ1n) is 10.9. The number of benzene rings is 1. The van der Waals surface area contributed by atoms with Crippen molar-refractivity contribution in [3.05, 3.63) is 29.8 Å². The Morgan fingerprint density at radius 2 is 1.67 bits per heavy atom. The minimum atomic E-state index is -3.36. The normalized spacial score (nSPS) is 15.0. The highest BCUT2D eigenvalue weighted by molar-refractivity contribution is 7.92. The van der Waals surface area contributed by atoms with E-state index in [-0.39, 0.29) is 30.7 Å². The summed E-state index contributed by atoms with van der Waals surface area (Å²) in [6, 6.07) is 6.34. The Hall–Kier alpha value is -2.82. The number of anilines is 1. The number of nitrogens with zero attached hydrogens (tertiary/aromatic N) is 1. The lowest BCUT2D eigenvalue weighted by Gasteiger charge is -2.32. The number of sulfonamides is 1. The molecule has 0 saturated carbocycles. The van der Waals surface area contributed by atoms with Crippen LogP contribution < -0.4 is 15.4 Å². The van der Waals surface area contributed by atoms with Crippen molar-refractivity contribution in [1.82, 2.24) is 15.5 Å². The van der Waals surface area contributed by atoms with Crippen molar-refractivity contribution >= 4 is 33.6 Å². The summed E-state index contributed by atoms with van der Waals surface area (Å²) < 4.78 is 30.1. The summed E-state index contributed by atoms with van der Waals surface area (Å²) >= 11 is 0. The van der Waals surface area contributed by atoms with Gasteiger partial charge in [-0.15, -0.1) is 0 Å². The summed E-state index contributed by atoms with van der Waals surface area (Å²) in [5.41, 5.74) is 0.324. The van der Waals surface area contributed by atoms with Crippen LogP contribution in [0.4, 0.5) is 10.5 Å². The molecule has 0 unspecified atom stereocenters. The van der Waals surface area contributed by atoms with Crippen molar-refractivity contribution < 1.29 is 27.5 Å². The fraction of sp³-hybridized carbons (Fsp3) is 0.591.